The van der Waals surface area contributed by atoms with Gasteiger partial charge in [-0.1, -0.05) is 12.1 Å². The topological polar surface area (TPSA) is 67.9 Å². The number of nitrogens with one attached hydrogen (secondary N) is 1. The van der Waals surface area contributed by atoms with E-state index in [9.17, 15) is 9.59 Å². The number of methoxy groups -OCH3 is 2. The van der Waals surface area contributed by atoms with Crippen molar-refractivity contribution in [3.05, 3.63) is 59.2 Å². The van der Waals surface area contributed by atoms with E-state index in [0.717, 1.165) is 24.1 Å². The summed E-state index contributed by atoms with van der Waals surface area (Å²) in [6, 6.07) is 12.9. The van der Waals surface area contributed by atoms with Crippen molar-refractivity contribution in [2.75, 3.05) is 20.8 Å². The van der Waals surface area contributed by atoms with Crippen molar-refractivity contribution in [3.63, 3.8) is 0 Å². The maximum Gasteiger partial charge on any atom is 0.251 e. The van der Waals surface area contributed by atoms with E-state index in [0.29, 0.717) is 36.6 Å². The van der Waals surface area contributed by atoms with E-state index in [1.165, 1.54) is 0 Å². The van der Waals surface area contributed by atoms with Crippen LogP contribution in [0, 0.1) is 0 Å². The third-order valence-electron chi connectivity index (χ3n) is 4.69. The molecule has 1 fully saturated rings. The van der Waals surface area contributed by atoms with E-state index >= 15 is 0 Å². The maximum absolute atomic E-state index is 12.4. The monoisotopic (exact) mass is 368 g/mol. The zero-order valence-corrected chi connectivity index (χ0v) is 15.7. The van der Waals surface area contributed by atoms with Crippen LogP contribution in [0.25, 0.3) is 0 Å². The summed E-state index contributed by atoms with van der Waals surface area (Å²) >= 11 is 0. The van der Waals surface area contributed by atoms with Crippen molar-refractivity contribution in [2.45, 2.75) is 25.9 Å². The molecule has 1 heterocycles. The average molecular weight is 368 g/mol. The minimum Gasteiger partial charge on any atom is -0.497 e. The molecule has 0 aromatic heterocycles. The van der Waals surface area contributed by atoms with Gasteiger partial charge in [0.15, 0.2) is 0 Å². The minimum absolute atomic E-state index is 0.156. The van der Waals surface area contributed by atoms with Crippen LogP contribution in [0.5, 0.6) is 11.5 Å². The number of benzene rings is 2. The van der Waals surface area contributed by atoms with Crippen molar-refractivity contribution in [3.8, 4) is 11.5 Å². The van der Waals surface area contributed by atoms with Gasteiger partial charge >= 0.3 is 0 Å². The Hall–Kier alpha value is -3.02. The zero-order chi connectivity index (χ0) is 19.2. The number of carbonyl (C=O) groups excluding carboxylic acids is 2. The Bertz CT molecular complexity index is 817. The highest BCUT2D eigenvalue weighted by Crippen LogP contribution is 2.24. The van der Waals surface area contributed by atoms with Gasteiger partial charge in [-0.2, -0.15) is 0 Å². The van der Waals surface area contributed by atoms with Gasteiger partial charge in [0.25, 0.3) is 5.91 Å². The summed E-state index contributed by atoms with van der Waals surface area (Å²) in [4.78, 5) is 26.0. The third-order valence-corrected chi connectivity index (χ3v) is 4.69. The highest BCUT2D eigenvalue weighted by Gasteiger charge is 2.20. The predicted molar refractivity (Wildman–Crippen MR) is 102 cm³/mol. The first-order valence-corrected chi connectivity index (χ1v) is 8.96. The van der Waals surface area contributed by atoms with Gasteiger partial charge in [-0.25, -0.2) is 0 Å². The van der Waals surface area contributed by atoms with Crippen LogP contribution in [0.1, 0.15) is 34.3 Å². The van der Waals surface area contributed by atoms with Gasteiger partial charge < -0.3 is 19.7 Å². The van der Waals surface area contributed by atoms with E-state index in [1.54, 1.807) is 32.4 Å². The number of carbonyl (C=O) groups is 2. The third kappa shape index (κ3) is 4.58. The number of ether oxygens (including phenoxy) is 2. The SMILES string of the molecule is COc1ccc(CNC(=O)c2ccc(CN3CCCC3=O)cc2)c(OC)c1. The molecule has 6 nitrogen and oxygen atoms in total. The molecule has 142 valence electrons. The fraction of sp³-hybridized carbons (Fsp3) is 0.333. The molecule has 2 aromatic carbocycles. The van der Waals surface area contributed by atoms with Crippen LogP contribution in [0.2, 0.25) is 0 Å². The number of hydrogen-bond donors (Lipinski definition) is 1. The van der Waals surface area contributed by atoms with Crippen molar-refractivity contribution >= 4 is 11.8 Å². The fourth-order valence-electron chi connectivity index (χ4n) is 3.13. The summed E-state index contributed by atoms with van der Waals surface area (Å²) in [5.41, 5.74) is 2.48. The molecule has 6 heteroatoms. The largest absolute Gasteiger partial charge is 0.497 e. The standard InChI is InChI=1S/C21H24N2O4/c1-26-18-10-9-17(19(12-18)27-2)13-22-21(25)16-7-5-15(6-8-16)14-23-11-3-4-20(23)24/h5-10,12H,3-4,11,13-14H2,1-2H3,(H,22,25). The lowest BCUT2D eigenvalue weighted by Crippen LogP contribution is -2.24. The summed E-state index contributed by atoms with van der Waals surface area (Å²) in [6.45, 7) is 1.77. The zero-order valence-electron chi connectivity index (χ0n) is 15.7. The molecule has 0 saturated carbocycles. The van der Waals surface area contributed by atoms with Gasteiger partial charge in [0.2, 0.25) is 5.91 Å². The molecule has 0 spiro atoms. The average Bonchev–Trinajstić information content (AvgIpc) is 3.11. The Kier molecular flexibility index (Phi) is 5.96. The second kappa shape index (κ2) is 8.58. The molecule has 0 atom stereocenters. The maximum atomic E-state index is 12.4. The molecular formula is C21H24N2O4. The quantitative estimate of drug-likeness (QED) is 0.816. The lowest BCUT2D eigenvalue weighted by Gasteiger charge is -2.15. The molecule has 3 rings (SSSR count). The number of amides is 2. The molecule has 27 heavy (non-hydrogen) atoms. The van der Waals surface area contributed by atoms with Gasteiger partial charge in [-0.3, -0.25) is 9.59 Å². The first kappa shape index (κ1) is 18.8. The Morgan fingerprint density at radius 3 is 2.52 bits per heavy atom. The molecule has 0 bridgehead atoms. The Balaban J connectivity index is 1.59. The van der Waals surface area contributed by atoms with Crippen LogP contribution in [0.3, 0.4) is 0 Å². The van der Waals surface area contributed by atoms with E-state index in [4.69, 9.17) is 9.47 Å². The van der Waals surface area contributed by atoms with Crippen molar-refractivity contribution in [2.24, 2.45) is 0 Å². The lowest BCUT2D eigenvalue weighted by atomic mass is 10.1. The summed E-state index contributed by atoms with van der Waals surface area (Å²) in [6.07, 6.45) is 1.56. The highest BCUT2D eigenvalue weighted by molar-refractivity contribution is 5.94. The molecule has 0 aliphatic carbocycles. The highest BCUT2D eigenvalue weighted by atomic mass is 16.5. The molecule has 1 aliphatic rings. The van der Waals surface area contributed by atoms with Gasteiger partial charge in [-0.15, -0.1) is 0 Å². The fourth-order valence-corrected chi connectivity index (χ4v) is 3.13. The summed E-state index contributed by atoms with van der Waals surface area (Å²) < 4.78 is 10.5. The van der Waals surface area contributed by atoms with Crippen molar-refractivity contribution < 1.29 is 19.1 Å². The number of likely N-dealkylation sites (tertiary alicyclic amines) is 1. The van der Waals surface area contributed by atoms with E-state index < -0.39 is 0 Å². The predicted octanol–water partition coefficient (Wildman–Crippen LogP) is 2.76. The normalized spacial score (nSPS) is 13.6. The van der Waals surface area contributed by atoms with Gasteiger partial charge in [0.1, 0.15) is 11.5 Å². The lowest BCUT2D eigenvalue weighted by molar-refractivity contribution is -0.128. The Labute approximate surface area is 159 Å². The first-order valence-electron chi connectivity index (χ1n) is 8.96. The molecule has 1 N–H and O–H groups in total. The second-order valence-electron chi connectivity index (χ2n) is 6.48. The van der Waals surface area contributed by atoms with Crippen LogP contribution in [-0.2, 0) is 17.9 Å². The summed E-state index contributed by atoms with van der Waals surface area (Å²) in [5.74, 6) is 1.41. The minimum atomic E-state index is -0.156. The Morgan fingerprint density at radius 1 is 1.11 bits per heavy atom. The number of hydrogen-bond acceptors (Lipinski definition) is 4. The van der Waals surface area contributed by atoms with E-state index in [-0.39, 0.29) is 11.8 Å². The van der Waals surface area contributed by atoms with Crippen LogP contribution < -0.4 is 14.8 Å². The molecule has 2 aromatic rings. The molecule has 1 aliphatic heterocycles. The molecule has 1 saturated heterocycles. The second-order valence-corrected chi connectivity index (χ2v) is 6.48. The summed E-state index contributed by atoms with van der Waals surface area (Å²) in [7, 11) is 3.18. The molecular weight excluding hydrogens is 344 g/mol. The van der Waals surface area contributed by atoms with Crippen molar-refractivity contribution in [1.29, 1.82) is 0 Å². The van der Waals surface area contributed by atoms with Crippen LogP contribution in [-0.4, -0.2) is 37.5 Å². The molecule has 2 amide bonds. The van der Waals surface area contributed by atoms with Gasteiger partial charge in [0.05, 0.1) is 14.2 Å². The number of nitrogens with zero attached hydrogens (tertiary/aromatic N) is 1. The molecule has 0 unspecified atom stereocenters. The first-order chi connectivity index (χ1) is 13.1. The Morgan fingerprint density at radius 2 is 1.89 bits per heavy atom. The number of rotatable bonds is 7. The summed E-state index contributed by atoms with van der Waals surface area (Å²) in [5, 5.41) is 2.90. The van der Waals surface area contributed by atoms with E-state index in [2.05, 4.69) is 5.32 Å². The van der Waals surface area contributed by atoms with Gasteiger partial charge in [-0.05, 0) is 36.2 Å². The molecule has 0 radical (unpaired) electrons. The smallest absolute Gasteiger partial charge is 0.251 e. The van der Waals surface area contributed by atoms with Crippen molar-refractivity contribution in [1.82, 2.24) is 10.2 Å². The van der Waals surface area contributed by atoms with Gasteiger partial charge in [0, 0.05) is 43.2 Å². The van der Waals surface area contributed by atoms with Crippen LogP contribution in [0.15, 0.2) is 42.5 Å². The van der Waals surface area contributed by atoms with Crippen LogP contribution in [0.4, 0.5) is 0 Å². The van der Waals surface area contributed by atoms with Crippen LogP contribution >= 0.6 is 0 Å². The van der Waals surface area contributed by atoms with E-state index in [1.807, 2.05) is 29.2 Å².